The molecule has 2 aliphatic carbocycles. The summed E-state index contributed by atoms with van der Waals surface area (Å²) in [5.41, 5.74) is 3.80. The van der Waals surface area contributed by atoms with Crippen LogP contribution in [-0.4, -0.2) is 18.0 Å². The molecule has 1 nitrogen and oxygen atoms in total. The zero-order chi connectivity index (χ0) is 12.0. The highest BCUT2D eigenvalue weighted by Gasteiger charge is 2.55. The molecule has 1 aromatic carbocycles. The Balaban J connectivity index is 1.76. The Morgan fingerprint density at radius 3 is 2.67 bits per heavy atom. The van der Waals surface area contributed by atoms with E-state index in [9.17, 15) is 0 Å². The van der Waals surface area contributed by atoms with Crippen molar-refractivity contribution in [3.8, 4) is 0 Å². The third-order valence-electron chi connectivity index (χ3n) is 5.60. The lowest BCUT2D eigenvalue weighted by Gasteiger charge is -2.60. The zero-order valence-electron chi connectivity index (χ0n) is 11.2. The fourth-order valence-electron chi connectivity index (χ4n) is 4.85. The first-order valence-electron chi connectivity index (χ1n) is 7.77. The van der Waals surface area contributed by atoms with Gasteiger partial charge in [0.2, 0.25) is 0 Å². The molecular formula is C17H23N. The highest BCUT2D eigenvalue weighted by atomic mass is 15.2. The Kier molecular flexibility index (Phi) is 2.51. The van der Waals surface area contributed by atoms with E-state index in [2.05, 4.69) is 29.2 Å². The van der Waals surface area contributed by atoms with Crippen LogP contribution in [0.25, 0.3) is 0 Å². The average Bonchev–Trinajstić information content (AvgIpc) is 2.45. The fraction of sp³-hybridized carbons (Fsp3) is 0.647. The number of nitrogens with zero attached hydrogens (tertiary/aromatic N) is 1. The highest BCUT2D eigenvalue weighted by molar-refractivity contribution is 5.50. The van der Waals surface area contributed by atoms with Gasteiger partial charge >= 0.3 is 0 Å². The molecule has 0 unspecified atom stereocenters. The van der Waals surface area contributed by atoms with E-state index in [1.165, 1.54) is 58.0 Å². The predicted octanol–water partition coefficient (Wildman–Crippen LogP) is 4.04. The van der Waals surface area contributed by atoms with Crippen LogP contribution in [0.5, 0.6) is 0 Å². The number of hydrogen-bond donors (Lipinski definition) is 0. The van der Waals surface area contributed by atoms with E-state index in [0.717, 1.165) is 5.92 Å². The van der Waals surface area contributed by atoms with Gasteiger partial charge in [0.25, 0.3) is 0 Å². The minimum Gasteiger partial charge on any atom is -0.293 e. The molecule has 0 bridgehead atoms. The summed E-state index contributed by atoms with van der Waals surface area (Å²) in [5, 5.41) is 0. The Morgan fingerprint density at radius 2 is 1.78 bits per heavy atom. The Hall–Kier alpha value is -0.820. The van der Waals surface area contributed by atoms with Gasteiger partial charge in [0, 0.05) is 5.92 Å². The van der Waals surface area contributed by atoms with E-state index in [1.807, 2.05) is 0 Å². The summed E-state index contributed by atoms with van der Waals surface area (Å²) in [7, 11) is 0. The van der Waals surface area contributed by atoms with Crippen LogP contribution in [0, 0.1) is 0 Å². The minimum atomic E-state index is 0.454. The first-order valence-corrected chi connectivity index (χ1v) is 7.77. The molecule has 0 spiro atoms. The van der Waals surface area contributed by atoms with Crippen molar-refractivity contribution in [1.29, 1.82) is 0 Å². The van der Waals surface area contributed by atoms with Crippen molar-refractivity contribution in [2.24, 2.45) is 0 Å². The van der Waals surface area contributed by atoms with Crippen molar-refractivity contribution in [1.82, 2.24) is 4.90 Å². The highest BCUT2D eigenvalue weighted by Crippen LogP contribution is 2.61. The zero-order valence-corrected chi connectivity index (χ0v) is 11.2. The molecule has 2 atom stereocenters. The van der Waals surface area contributed by atoms with Gasteiger partial charge in [0.15, 0.2) is 0 Å². The SMILES string of the molecule is c1ccc2c(c1)[C@H]1CCCC[C@]21N1CCCCC1. The van der Waals surface area contributed by atoms with Crippen LogP contribution < -0.4 is 0 Å². The Labute approximate surface area is 110 Å². The quantitative estimate of drug-likeness (QED) is 0.717. The van der Waals surface area contributed by atoms with Gasteiger partial charge in [-0.25, -0.2) is 0 Å². The summed E-state index contributed by atoms with van der Waals surface area (Å²) in [6.07, 6.45) is 9.98. The van der Waals surface area contributed by atoms with E-state index in [1.54, 1.807) is 11.1 Å². The summed E-state index contributed by atoms with van der Waals surface area (Å²) < 4.78 is 0. The monoisotopic (exact) mass is 241 g/mol. The summed E-state index contributed by atoms with van der Waals surface area (Å²) in [5.74, 6) is 0.848. The second-order valence-electron chi connectivity index (χ2n) is 6.36. The van der Waals surface area contributed by atoms with Gasteiger partial charge < -0.3 is 0 Å². The van der Waals surface area contributed by atoms with Crippen molar-refractivity contribution in [3.05, 3.63) is 35.4 Å². The van der Waals surface area contributed by atoms with E-state index < -0.39 is 0 Å². The molecule has 0 aromatic heterocycles. The molecule has 96 valence electrons. The van der Waals surface area contributed by atoms with Crippen LogP contribution in [0.15, 0.2) is 24.3 Å². The molecule has 3 aliphatic rings. The maximum atomic E-state index is 2.85. The second-order valence-corrected chi connectivity index (χ2v) is 6.36. The molecule has 0 amide bonds. The van der Waals surface area contributed by atoms with Gasteiger partial charge in [0.1, 0.15) is 0 Å². The molecule has 18 heavy (non-hydrogen) atoms. The molecule has 4 rings (SSSR count). The summed E-state index contributed by atoms with van der Waals surface area (Å²) in [4.78, 5) is 2.85. The number of piperidine rings is 1. The van der Waals surface area contributed by atoms with Crippen LogP contribution in [0.4, 0.5) is 0 Å². The molecule has 0 N–H and O–H groups in total. The van der Waals surface area contributed by atoms with E-state index >= 15 is 0 Å². The largest absolute Gasteiger partial charge is 0.293 e. The van der Waals surface area contributed by atoms with E-state index in [-0.39, 0.29) is 0 Å². The van der Waals surface area contributed by atoms with Crippen molar-refractivity contribution >= 4 is 0 Å². The molecule has 1 saturated heterocycles. The van der Waals surface area contributed by atoms with Gasteiger partial charge in [-0.1, -0.05) is 43.5 Å². The van der Waals surface area contributed by atoms with Crippen LogP contribution in [-0.2, 0) is 5.54 Å². The first kappa shape index (κ1) is 11.0. The number of fused-ring (bicyclic) bond motifs is 4. The van der Waals surface area contributed by atoms with Crippen molar-refractivity contribution < 1.29 is 0 Å². The summed E-state index contributed by atoms with van der Waals surface area (Å²) in [6.45, 7) is 2.68. The molecule has 2 fully saturated rings. The lowest BCUT2D eigenvalue weighted by molar-refractivity contribution is -0.0128. The maximum Gasteiger partial charge on any atom is 0.0532 e. The lowest BCUT2D eigenvalue weighted by atomic mass is 9.54. The third kappa shape index (κ3) is 1.31. The molecule has 0 radical (unpaired) electrons. The number of benzene rings is 1. The van der Waals surface area contributed by atoms with E-state index in [4.69, 9.17) is 0 Å². The van der Waals surface area contributed by atoms with Crippen molar-refractivity contribution in [2.45, 2.75) is 56.4 Å². The number of hydrogen-bond acceptors (Lipinski definition) is 1. The van der Waals surface area contributed by atoms with Crippen molar-refractivity contribution in [2.75, 3.05) is 13.1 Å². The molecule has 1 saturated carbocycles. The fourth-order valence-corrected chi connectivity index (χ4v) is 4.85. The molecule has 1 aromatic rings. The van der Waals surface area contributed by atoms with Gasteiger partial charge in [-0.2, -0.15) is 0 Å². The summed E-state index contributed by atoms with van der Waals surface area (Å²) in [6, 6.07) is 9.27. The van der Waals surface area contributed by atoms with Crippen LogP contribution in [0.1, 0.15) is 62.0 Å². The average molecular weight is 241 g/mol. The van der Waals surface area contributed by atoms with Crippen LogP contribution >= 0.6 is 0 Å². The minimum absolute atomic E-state index is 0.454. The lowest BCUT2D eigenvalue weighted by Crippen LogP contribution is -2.59. The molecule has 1 heteroatoms. The predicted molar refractivity (Wildman–Crippen MR) is 74.8 cm³/mol. The van der Waals surface area contributed by atoms with Crippen LogP contribution in [0.2, 0.25) is 0 Å². The normalized spacial score (nSPS) is 35.4. The van der Waals surface area contributed by atoms with Gasteiger partial charge in [-0.15, -0.1) is 0 Å². The Bertz CT molecular complexity index is 447. The van der Waals surface area contributed by atoms with E-state index in [0.29, 0.717) is 5.54 Å². The Morgan fingerprint density at radius 1 is 0.944 bits per heavy atom. The van der Waals surface area contributed by atoms with Crippen LogP contribution in [0.3, 0.4) is 0 Å². The van der Waals surface area contributed by atoms with Gasteiger partial charge in [-0.05, 0) is 49.9 Å². The van der Waals surface area contributed by atoms with Crippen molar-refractivity contribution in [3.63, 3.8) is 0 Å². The molecule has 1 heterocycles. The second kappa shape index (κ2) is 4.09. The third-order valence-corrected chi connectivity index (χ3v) is 5.60. The molecular weight excluding hydrogens is 218 g/mol. The number of rotatable bonds is 1. The topological polar surface area (TPSA) is 3.24 Å². The van der Waals surface area contributed by atoms with Gasteiger partial charge in [-0.3, -0.25) is 4.90 Å². The first-order chi connectivity index (χ1) is 8.93. The standard InChI is InChI=1S/C17H23N/c1-6-12-18(13-7-1)17-11-5-4-10-16(17)14-8-2-3-9-15(14)17/h2-3,8-9,16H,1,4-7,10-13H2/t16-,17+/m1/s1. The summed E-state index contributed by atoms with van der Waals surface area (Å²) >= 11 is 0. The smallest absolute Gasteiger partial charge is 0.0532 e. The number of likely N-dealkylation sites (tertiary alicyclic amines) is 1. The molecule has 1 aliphatic heterocycles. The maximum absolute atomic E-state index is 2.85. The van der Waals surface area contributed by atoms with Gasteiger partial charge in [0.05, 0.1) is 5.54 Å².